The lowest BCUT2D eigenvalue weighted by Gasteiger charge is -2.14. The number of ether oxygens (including phenoxy) is 2. The number of benzene rings is 1. The van der Waals surface area contributed by atoms with E-state index in [1.54, 1.807) is 14.2 Å². The van der Waals surface area contributed by atoms with E-state index in [1.807, 2.05) is 6.07 Å². The number of hydrogen-bond donors (Lipinski definition) is 0. The molecule has 0 fully saturated rings. The molecule has 0 aliphatic rings. The largest absolute Gasteiger partial charge is 0.497 e. The van der Waals surface area contributed by atoms with Crippen molar-refractivity contribution in [2.75, 3.05) is 26.2 Å². The third-order valence-corrected chi connectivity index (χ3v) is 4.00. The Bertz CT molecular complexity index is 328. The Morgan fingerprint density at radius 3 is 2.72 bits per heavy atom. The van der Waals surface area contributed by atoms with E-state index >= 15 is 0 Å². The van der Waals surface area contributed by atoms with Crippen LogP contribution in [0.25, 0.3) is 0 Å². The van der Waals surface area contributed by atoms with Gasteiger partial charge in [-0.25, -0.2) is 0 Å². The normalized spacial score (nSPS) is 12.4. The molecule has 0 aliphatic heterocycles. The first-order chi connectivity index (χ1) is 8.80. The lowest BCUT2D eigenvalue weighted by molar-refractivity contribution is 0.190. The summed E-state index contributed by atoms with van der Waals surface area (Å²) in [7, 11) is 3.48. The molecule has 0 N–H and O–H groups in total. The predicted molar refractivity (Wildman–Crippen MR) is 79.7 cm³/mol. The SMILES string of the molecule is COCCCCC(CBr)Cc1cccc(OC)c1. The fourth-order valence-electron chi connectivity index (χ4n) is 2.05. The first-order valence-corrected chi connectivity index (χ1v) is 7.60. The Morgan fingerprint density at radius 1 is 1.22 bits per heavy atom. The molecule has 0 bridgehead atoms. The van der Waals surface area contributed by atoms with Gasteiger partial charge < -0.3 is 9.47 Å². The average Bonchev–Trinajstić information content (AvgIpc) is 2.42. The van der Waals surface area contributed by atoms with Crippen molar-refractivity contribution < 1.29 is 9.47 Å². The summed E-state index contributed by atoms with van der Waals surface area (Å²) in [6.45, 7) is 0.869. The van der Waals surface area contributed by atoms with Gasteiger partial charge in [-0.2, -0.15) is 0 Å². The highest BCUT2D eigenvalue weighted by atomic mass is 79.9. The first-order valence-electron chi connectivity index (χ1n) is 6.48. The summed E-state index contributed by atoms with van der Waals surface area (Å²) in [6, 6.07) is 8.35. The van der Waals surface area contributed by atoms with Gasteiger partial charge in [-0.15, -0.1) is 0 Å². The van der Waals surface area contributed by atoms with Crippen molar-refractivity contribution in [1.29, 1.82) is 0 Å². The summed E-state index contributed by atoms with van der Waals surface area (Å²) in [6.07, 6.45) is 4.73. The van der Waals surface area contributed by atoms with Crippen molar-refractivity contribution in [2.45, 2.75) is 25.7 Å². The monoisotopic (exact) mass is 314 g/mol. The van der Waals surface area contributed by atoms with Crippen LogP contribution in [0.15, 0.2) is 24.3 Å². The van der Waals surface area contributed by atoms with E-state index in [1.165, 1.54) is 18.4 Å². The fourth-order valence-corrected chi connectivity index (χ4v) is 2.60. The topological polar surface area (TPSA) is 18.5 Å². The van der Waals surface area contributed by atoms with Gasteiger partial charge in [-0.05, 0) is 42.9 Å². The van der Waals surface area contributed by atoms with Crippen molar-refractivity contribution >= 4 is 15.9 Å². The Hall–Kier alpha value is -0.540. The molecule has 0 amide bonds. The number of alkyl halides is 1. The van der Waals surface area contributed by atoms with Crippen molar-refractivity contribution in [3.05, 3.63) is 29.8 Å². The Kier molecular flexibility index (Phi) is 8.10. The van der Waals surface area contributed by atoms with E-state index in [9.17, 15) is 0 Å². The van der Waals surface area contributed by atoms with E-state index in [4.69, 9.17) is 9.47 Å². The zero-order valence-electron chi connectivity index (χ0n) is 11.3. The molecule has 1 aromatic carbocycles. The Morgan fingerprint density at radius 2 is 2.06 bits per heavy atom. The Labute approximate surface area is 119 Å². The van der Waals surface area contributed by atoms with Crippen molar-refractivity contribution in [2.24, 2.45) is 5.92 Å². The van der Waals surface area contributed by atoms with Crippen LogP contribution < -0.4 is 4.74 Å². The fraction of sp³-hybridized carbons (Fsp3) is 0.600. The molecule has 18 heavy (non-hydrogen) atoms. The molecular weight excluding hydrogens is 292 g/mol. The van der Waals surface area contributed by atoms with Gasteiger partial charge in [0.15, 0.2) is 0 Å². The summed E-state index contributed by atoms with van der Waals surface area (Å²) < 4.78 is 10.3. The molecule has 1 rings (SSSR count). The van der Waals surface area contributed by atoms with Gasteiger partial charge in [-0.1, -0.05) is 34.5 Å². The average molecular weight is 315 g/mol. The smallest absolute Gasteiger partial charge is 0.119 e. The summed E-state index contributed by atoms with van der Waals surface area (Å²) in [5.41, 5.74) is 1.35. The highest BCUT2D eigenvalue weighted by molar-refractivity contribution is 9.09. The second kappa shape index (κ2) is 9.40. The van der Waals surface area contributed by atoms with E-state index in [2.05, 4.69) is 34.1 Å². The molecule has 1 atom stereocenters. The highest BCUT2D eigenvalue weighted by Crippen LogP contribution is 2.20. The van der Waals surface area contributed by atoms with Gasteiger partial charge in [0.2, 0.25) is 0 Å². The second-order valence-corrected chi connectivity index (χ2v) is 5.21. The summed E-state index contributed by atoms with van der Waals surface area (Å²) in [5, 5.41) is 1.05. The van der Waals surface area contributed by atoms with Crippen molar-refractivity contribution in [1.82, 2.24) is 0 Å². The lowest BCUT2D eigenvalue weighted by Crippen LogP contribution is -2.07. The molecule has 1 unspecified atom stereocenters. The maximum absolute atomic E-state index is 5.25. The lowest BCUT2D eigenvalue weighted by atomic mass is 9.96. The number of unbranched alkanes of at least 4 members (excludes halogenated alkanes) is 1. The van der Waals surface area contributed by atoms with Crippen LogP contribution in [-0.4, -0.2) is 26.2 Å². The number of halogens is 1. The number of hydrogen-bond acceptors (Lipinski definition) is 2. The quantitative estimate of drug-likeness (QED) is 0.505. The van der Waals surface area contributed by atoms with Gasteiger partial charge in [0.05, 0.1) is 7.11 Å². The van der Waals surface area contributed by atoms with E-state index in [0.717, 1.165) is 30.5 Å². The van der Waals surface area contributed by atoms with Crippen LogP contribution in [0.4, 0.5) is 0 Å². The van der Waals surface area contributed by atoms with Crippen LogP contribution in [0.1, 0.15) is 24.8 Å². The van der Waals surface area contributed by atoms with Gasteiger partial charge in [-0.3, -0.25) is 0 Å². The van der Waals surface area contributed by atoms with Crippen LogP contribution in [0, 0.1) is 5.92 Å². The zero-order valence-corrected chi connectivity index (χ0v) is 12.9. The summed E-state index contributed by atoms with van der Waals surface area (Å²) in [5.74, 6) is 1.63. The molecule has 1 aromatic rings. The van der Waals surface area contributed by atoms with Crippen molar-refractivity contribution in [3.63, 3.8) is 0 Å². The van der Waals surface area contributed by atoms with Crippen LogP contribution >= 0.6 is 15.9 Å². The molecule has 3 heteroatoms. The van der Waals surface area contributed by atoms with Gasteiger partial charge in [0, 0.05) is 19.0 Å². The van der Waals surface area contributed by atoms with Gasteiger partial charge >= 0.3 is 0 Å². The maximum Gasteiger partial charge on any atom is 0.119 e. The van der Waals surface area contributed by atoms with E-state index in [0.29, 0.717) is 5.92 Å². The summed E-state index contributed by atoms with van der Waals surface area (Å²) >= 11 is 3.62. The standard InChI is InChI=1S/C15H23BrO2/c1-17-9-4-3-6-14(12-16)10-13-7-5-8-15(11-13)18-2/h5,7-8,11,14H,3-4,6,9-10,12H2,1-2H3. The van der Waals surface area contributed by atoms with Crippen LogP contribution in [0.5, 0.6) is 5.75 Å². The molecule has 0 heterocycles. The summed E-state index contributed by atoms with van der Waals surface area (Å²) in [4.78, 5) is 0. The third kappa shape index (κ3) is 5.87. The van der Waals surface area contributed by atoms with E-state index in [-0.39, 0.29) is 0 Å². The molecule has 2 nitrogen and oxygen atoms in total. The zero-order chi connectivity index (χ0) is 13.2. The van der Waals surface area contributed by atoms with Crippen LogP contribution in [0.2, 0.25) is 0 Å². The molecule has 0 aromatic heterocycles. The molecular formula is C15H23BrO2. The second-order valence-electron chi connectivity index (χ2n) is 4.56. The van der Waals surface area contributed by atoms with Crippen LogP contribution in [-0.2, 0) is 11.2 Å². The Balaban J connectivity index is 2.41. The number of rotatable bonds is 9. The van der Waals surface area contributed by atoms with Gasteiger partial charge in [0.25, 0.3) is 0 Å². The molecule has 0 radical (unpaired) electrons. The third-order valence-electron chi connectivity index (χ3n) is 3.09. The predicted octanol–water partition coefficient (Wildman–Crippen LogP) is 4.07. The molecule has 0 aliphatic carbocycles. The van der Waals surface area contributed by atoms with E-state index < -0.39 is 0 Å². The van der Waals surface area contributed by atoms with Gasteiger partial charge in [0.1, 0.15) is 5.75 Å². The molecule has 0 spiro atoms. The molecule has 102 valence electrons. The first kappa shape index (κ1) is 15.5. The highest BCUT2D eigenvalue weighted by Gasteiger charge is 2.08. The van der Waals surface area contributed by atoms with Crippen LogP contribution in [0.3, 0.4) is 0 Å². The molecule has 0 saturated carbocycles. The van der Waals surface area contributed by atoms with Crippen molar-refractivity contribution in [3.8, 4) is 5.75 Å². The minimum Gasteiger partial charge on any atom is -0.497 e. The maximum atomic E-state index is 5.25. The molecule has 0 saturated heterocycles. The number of methoxy groups -OCH3 is 2. The minimum absolute atomic E-state index is 0.689. The minimum atomic E-state index is 0.689.